The fraction of sp³-hybridized carbons (Fsp3) is 1.00. The van der Waals surface area contributed by atoms with Crippen LogP contribution in [0.25, 0.3) is 0 Å². The molecule has 0 aromatic carbocycles. The normalized spacial score (nSPS) is 17.5. The lowest BCUT2D eigenvalue weighted by Crippen LogP contribution is -2.60. The van der Waals surface area contributed by atoms with Crippen LogP contribution in [0.4, 0.5) is 0 Å². The molecule has 104 valence electrons. The second-order valence-corrected chi connectivity index (χ2v) is 5.57. The molecule has 17 heavy (non-hydrogen) atoms. The Morgan fingerprint density at radius 1 is 1.12 bits per heavy atom. The fourth-order valence-corrected chi connectivity index (χ4v) is 2.71. The van der Waals surface area contributed by atoms with Crippen LogP contribution in [0.2, 0.25) is 0 Å². The maximum Gasteiger partial charge on any atom is 0.0392 e. The maximum atomic E-state index is 5.79. The Morgan fingerprint density at radius 2 is 1.65 bits per heavy atom. The van der Waals surface area contributed by atoms with Gasteiger partial charge in [-0.1, -0.05) is 34.6 Å². The van der Waals surface area contributed by atoms with Gasteiger partial charge < -0.3 is 0 Å². The summed E-state index contributed by atoms with van der Waals surface area (Å²) in [7, 11) is 0. The predicted molar refractivity (Wildman–Crippen MR) is 76.8 cm³/mol. The van der Waals surface area contributed by atoms with Gasteiger partial charge in [-0.05, 0) is 45.2 Å². The van der Waals surface area contributed by atoms with Gasteiger partial charge in [0.05, 0.1) is 0 Å². The van der Waals surface area contributed by atoms with Gasteiger partial charge in [0.1, 0.15) is 0 Å². The van der Waals surface area contributed by atoms with Crippen molar-refractivity contribution in [3.8, 4) is 0 Å². The Morgan fingerprint density at radius 3 is 1.94 bits per heavy atom. The topological polar surface area (TPSA) is 41.3 Å². The van der Waals surface area contributed by atoms with E-state index in [2.05, 4.69) is 51.9 Å². The Kier molecular flexibility index (Phi) is 8.01. The summed E-state index contributed by atoms with van der Waals surface area (Å²) in [5.74, 6) is 6.53. The van der Waals surface area contributed by atoms with Crippen LogP contribution >= 0.6 is 0 Å². The van der Waals surface area contributed by atoms with Gasteiger partial charge in [-0.15, -0.1) is 0 Å². The van der Waals surface area contributed by atoms with E-state index in [9.17, 15) is 0 Å². The quantitative estimate of drug-likeness (QED) is 0.483. The van der Waals surface area contributed by atoms with E-state index in [4.69, 9.17) is 5.84 Å². The zero-order valence-corrected chi connectivity index (χ0v) is 12.7. The van der Waals surface area contributed by atoms with E-state index in [0.29, 0.717) is 6.04 Å². The van der Waals surface area contributed by atoms with Crippen molar-refractivity contribution in [3.05, 3.63) is 0 Å². The lowest BCUT2D eigenvalue weighted by atomic mass is 9.83. The number of nitrogens with one attached hydrogen (secondary N) is 1. The summed E-state index contributed by atoms with van der Waals surface area (Å²) in [5, 5.41) is 0. The minimum absolute atomic E-state index is 0.160. The molecule has 0 aromatic heterocycles. The van der Waals surface area contributed by atoms with Gasteiger partial charge in [0.2, 0.25) is 0 Å². The molecule has 3 nitrogen and oxygen atoms in total. The smallest absolute Gasteiger partial charge is 0.0392 e. The van der Waals surface area contributed by atoms with Crippen LogP contribution in [0.5, 0.6) is 0 Å². The summed E-state index contributed by atoms with van der Waals surface area (Å²) in [6.07, 6.45) is 3.50. The highest BCUT2D eigenvalue weighted by Gasteiger charge is 2.35. The molecule has 2 unspecified atom stereocenters. The van der Waals surface area contributed by atoms with Crippen molar-refractivity contribution < 1.29 is 0 Å². The summed E-state index contributed by atoms with van der Waals surface area (Å²) in [5.41, 5.74) is 3.22. The van der Waals surface area contributed by atoms with Gasteiger partial charge in [-0.25, -0.2) is 0 Å². The van der Waals surface area contributed by atoms with Crippen LogP contribution in [0.3, 0.4) is 0 Å². The third-order valence-electron chi connectivity index (χ3n) is 4.19. The standard InChI is InChI=1S/C14H33N3/c1-7-14(6,17(8-2)9-3)13(16-15)11-10-12(4)5/h12-13,16H,7-11,15H2,1-6H3. The Hall–Kier alpha value is -0.120. The molecule has 0 heterocycles. The molecular weight excluding hydrogens is 210 g/mol. The van der Waals surface area contributed by atoms with Crippen molar-refractivity contribution in [3.63, 3.8) is 0 Å². The number of likely N-dealkylation sites (N-methyl/N-ethyl adjacent to an activating group) is 1. The van der Waals surface area contributed by atoms with Gasteiger partial charge in [-0.2, -0.15) is 0 Å². The molecule has 2 atom stereocenters. The lowest BCUT2D eigenvalue weighted by molar-refractivity contribution is 0.0646. The van der Waals surface area contributed by atoms with E-state index >= 15 is 0 Å². The number of nitrogens with two attached hydrogens (primary N) is 1. The van der Waals surface area contributed by atoms with Gasteiger partial charge in [0, 0.05) is 11.6 Å². The largest absolute Gasteiger partial charge is 0.297 e. The summed E-state index contributed by atoms with van der Waals surface area (Å²) in [4.78, 5) is 2.53. The van der Waals surface area contributed by atoms with Crippen LogP contribution in [-0.2, 0) is 0 Å². The lowest BCUT2D eigenvalue weighted by Gasteiger charge is -2.45. The molecule has 3 N–H and O–H groups in total. The molecule has 0 rings (SSSR count). The first-order valence-electron chi connectivity index (χ1n) is 7.17. The summed E-state index contributed by atoms with van der Waals surface area (Å²) in [6, 6.07) is 0.370. The number of hydrogen-bond donors (Lipinski definition) is 2. The highest BCUT2D eigenvalue weighted by atomic mass is 15.3. The van der Waals surface area contributed by atoms with E-state index in [0.717, 1.165) is 31.8 Å². The zero-order chi connectivity index (χ0) is 13.5. The number of nitrogens with zero attached hydrogens (tertiary/aromatic N) is 1. The number of rotatable bonds is 9. The third-order valence-corrected chi connectivity index (χ3v) is 4.19. The van der Waals surface area contributed by atoms with E-state index < -0.39 is 0 Å². The molecule has 0 bridgehead atoms. The molecule has 0 fully saturated rings. The summed E-state index contributed by atoms with van der Waals surface area (Å²) >= 11 is 0. The Bertz CT molecular complexity index is 190. The van der Waals surface area contributed by atoms with Gasteiger partial charge in [-0.3, -0.25) is 16.2 Å². The molecule has 0 aliphatic carbocycles. The van der Waals surface area contributed by atoms with Gasteiger partial charge in [0.15, 0.2) is 0 Å². The molecular formula is C14H33N3. The third kappa shape index (κ3) is 4.57. The van der Waals surface area contributed by atoms with E-state index in [-0.39, 0.29) is 5.54 Å². The second-order valence-electron chi connectivity index (χ2n) is 5.57. The summed E-state index contributed by atoms with van der Waals surface area (Å²) < 4.78 is 0. The molecule has 0 aliphatic rings. The van der Waals surface area contributed by atoms with Crippen LogP contribution in [0.1, 0.15) is 60.8 Å². The molecule has 0 spiro atoms. The number of hydrazine groups is 1. The van der Waals surface area contributed by atoms with Crippen LogP contribution in [0.15, 0.2) is 0 Å². The average molecular weight is 243 g/mol. The van der Waals surface area contributed by atoms with Crippen LogP contribution in [-0.4, -0.2) is 29.6 Å². The average Bonchev–Trinajstić information content (AvgIpc) is 2.30. The molecule has 0 saturated heterocycles. The van der Waals surface area contributed by atoms with E-state index in [1.807, 2.05) is 0 Å². The van der Waals surface area contributed by atoms with Crippen molar-refractivity contribution in [1.29, 1.82) is 0 Å². The monoisotopic (exact) mass is 243 g/mol. The Balaban J connectivity index is 4.75. The first-order valence-corrected chi connectivity index (χ1v) is 7.17. The summed E-state index contributed by atoms with van der Waals surface area (Å²) in [6.45, 7) is 15.8. The maximum absolute atomic E-state index is 5.79. The molecule has 0 aromatic rings. The first-order chi connectivity index (χ1) is 7.96. The zero-order valence-electron chi connectivity index (χ0n) is 12.7. The van der Waals surface area contributed by atoms with Crippen molar-refractivity contribution >= 4 is 0 Å². The SMILES string of the molecule is CCN(CC)C(C)(CC)C(CCC(C)C)NN. The van der Waals surface area contributed by atoms with Crippen molar-refractivity contribution in [2.75, 3.05) is 13.1 Å². The van der Waals surface area contributed by atoms with E-state index in [1.165, 1.54) is 6.42 Å². The minimum atomic E-state index is 0.160. The minimum Gasteiger partial charge on any atom is -0.297 e. The van der Waals surface area contributed by atoms with Gasteiger partial charge in [0.25, 0.3) is 0 Å². The highest BCUT2D eigenvalue weighted by Crippen LogP contribution is 2.26. The van der Waals surface area contributed by atoms with E-state index in [1.54, 1.807) is 0 Å². The molecule has 0 radical (unpaired) electrons. The van der Waals surface area contributed by atoms with Gasteiger partial charge >= 0.3 is 0 Å². The molecule has 3 heteroatoms. The fourth-order valence-electron chi connectivity index (χ4n) is 2.71. The predicted octanol–water partition coefficient (Wildman–Crippen LogP) is 2.76. The van der Waals surface area contributed by atoms with Crippen LogP contribution < -0.4 is 11.3 Å². The van der Waals surface area contributed by atoms with Crippen molar-refractivity contribution in [2.45, 2.75) is 72.4 Å². The highest BCUT2D eigenvalue weighted by molar-refractivity contribution is 4.94. The number of hydrogen-bond acceptors (Lipinski definition) is 3. The van der Waals surface area contributed by atoms with Crippen molar-refractivity contribution in [1.82, 2.24) is 10.3 Å². The first kappa shape index (κ1) is 16.9. The van der Waals surface area contributed by atoms with Crippen LogP contribution in [0, 0.1) is 5.92 Å². The van der Waals surface area contributed by atoms with Crippen molar-refractivity contribution in [2.24, 2.45) is 11.8 Å². The second kappa shape index (κ2) is 8.06. The molecule has 0 aliphatic heterocycles. The molecule has 0 amide bonds. The Labute approximate surface area is 108 Å². The molecule has 0 saturated carbocycles.